The first kappa shape index (κ1) is 13.1. The van der Waals surface area contributed by atoms with E-state index in [1.54, 1.807) is 12.1 Å². The predicted octanol–water partition coefficient (Wildman–Crippen LogP) is 1.53. The number of ether oxygens (including phenoxy) is 1. The molecule has 0 aliphatic heterocycles. The number of alkyl halides is 2. The highest BCUT2D eigenvalue weighted by Gasteiger charge is 2.06. The first-order chi connectivity index (χ1) is 7.61. The fourth-order valence-electron chi connectivity index (χ4n) is 1.17. The molecule has 0 radical (unpaired) electrons. The Hall–Kier alpha value is -1.01. The summed E-state index contributed by atoms with van der Waals surface area (Å²) in [5, 5.41) is 8.57. The molecule has 0 aromatic heterocycles. The van der Waals surface area contributed by atoms with Crippen molar-refractivity contribution in [1.29, 1.82) is 0 Å². The lowest BCUT2D eigenvalue weighted by molar-refractivity contribution is -0.0498. The number of aliphatic hydroxyl groups is 1. The highest BCUT2D eigenvalue weighted by Crippen LogP contribution is 2.16. The molecule has 6 heteroatoms. The van der Waals surface area contributed by atoms with Crippen LogP contribution < -0.4 is 4.74 Å². The molecule has 3 nitrogen and oxygen atoms in total. The number of benzene rings is 1. The van der Waals surface area contributed by atoms with Crippen LogP contribution in [-0.2, 0) is 16.6 Å². The van der Waals surface area contributed by atoms with Crippen molar-refractivity contribution in [2.45, 2.75) is 12.4 Å². The van der Waals surface area contributed by atoms with Gasteiger partial charge in [0.2, 0.25) is 0 Å². The van der Waals surface area contributed by atoms with Gasteiger partial charge in [0.05, 0.1) is 6.61 Å². The van der Waals surface area contributed by atoms with E-state index in [-0.39, 0.29) is 23.9 Å². The van der Waals surface area contributed by atoms with Crippen molar-refractivity contribution in [1.82, 2.24) is 0 Å². The maximum atomic E-state index is 11.9. The fraction of sp³-hybridized carbons (Fsp3) is 0.400. The minimum Gasteiger partial charge on any atom is -0.435 e. The molecule has 1 rings (SSSR count). The summed E-state index contributed by atoms with van der Waals surface area (Å²) in [5.41, 5.74) is 0.643. The van der Waals surface area contributed by atoms with E-state index in [1.807, 2.05) is 0 Å². The van der Waals surface area contributed by atoms with Crippen molar-refractivity contribution in [2.75, 3.05) is 12.4 Å². The Kier molecular flexibility index (Phi) is 5.34. The quantitative estimate of drug-likeness (QED) is 0.832. The van der Waals surface area contributed by atoms with E-state index in [4.69, 9.17) is 5.11 Å². The van der Waals surface area contributed by atoms with Gasteiger partial charge in [0, 0.05) is 22.3 Å². The van der Waals surface area contributed by atoms with Crippen molar-refractivity contribution >= 4 is 10.8 Å². The average Bonchev–Trinajstić information content (AvgIpc) is 2.17. The first-order valence-corrected chi connectivity index (χ1v) is 6.10. The molecule has 1 atom stereocenters. The summed E-state index contributed by atoms with van der Waals surface area (Å²) in [6.07, 6.45) is 0. The lowest BCUT2D eigenvalue weighted by atomic mass is 10.2. The van der Waals surface area contributed by atoms with Crippen LogP contribution in [0, 0.1) is 0 Å². The summed E-state index contributed by atoms with van der Waals surface area (Å²) in [7, 11) is -1.19. The van der Waals surface area contributed by atoms with E-state index in [0.29, 0.717) is 5.56 Å². The lowest BCUT2D eigenvalue weighted by Crippen LogP contribution is -2.05. The van der Waals surface area contributed by atoms with Gasteiger partial charge >= 0.3 is 6.61 Å². The molecule has 0 aliphatic rings. The lowest BCUT2D eigenvalue weighted by Gasteiger charge is -2.06. The SMILES string of the molecule is O=S(CCO)Cc1cccc(OC(F)F)c1. The Morgan fingerprint density at radius 3 is 2.81 bits per heavy atom. The largest absolute Gasteiger partial charge is 0.435 e. The zero-order valence-corrected chi connectivity index (χ0v) is 9.25. The topological polar surface area (TPSA) is 46.5 Å². The molecule has 0 heterocycles. The molecule has 1 N–H and O–H groups in total. The van der Waals surface area contributed by atoms with Gasteiger partial charge < -0.3 is 9.84 Å². The summed E-state index contributed by atoms with van der Waals surface area (Å²) in [6, 6.07) is 6.06. The Labute approximate surface area is 94.5 Å². The summed E-state index contributed by atoms with van der Waals surface area (Å²) in [4.78, 5) is 0. The van der Waals surface area contributed by atoms with Crippen LogP contribution in [0.5, 0.6) is 5.75 Å². The molecule has 0 spiro atoms. The van der Waals surface area contributed by atoms with Gasteiger partial charge in [-0.2, -0.15) is 8.78 Å². The van der Waals surface area contributed by atoms with Gasteiger partial charge in [0.1, 0.15) is 5.75 Å². The number of rotatable bonds is 6. The summed E-state index contributed by atoms with van der Waals surface area (Å²) >= 11 is 0. The van der Waals surface area contributed by atoms with Crippen LogP contribution in [0.2, 0.25) is 0 Å². The molecule has 1 unspecified atom stereocenters. The highest BCUT2D eigenvalue weighted by atomic mass is 32.2. The minimum atomic E-state index is -2.86. The predicted molar refractivity (Wildman–Crippen MR) is 56.9 cm³/mol. The van der Waals surface area contributed by atoms with E-state index < -0.39 is 17.4 Å². The van der Waals surface area contributed by atoms with Gasteiger partial charge in [-0.05, 0) is 17.7 Å². The molecule has 0 saturated carbocycles. The van der Waals surface area contributed by atoms with Crippen molar-refractivity contribution in [3.63, 3.8) is 0 Å². The van der Waals surface area contributed by atoms with E-state index in [0.717, 1.165) is 0 Å². The molecule has 0 amide bonds. The molecule has 16 heavy (non-hydrogen) atoms. The normalized spacial score (nSPS) is 12.8. The molecule has 0 fully saturated rings. The van der Waals surface area contributed by atoms with Gasteiger partial charge in [0.25, 0.3) is 0 Å². The zero-order valence-electron chi connectivity index (χ0n) is 8.44. The van der Waals surface area contributed by atoms with Gasteiger partial charge in [-0.1, -0.05) is 12.1 Å². The van der Waals surface area contributed by atoms with Crippen LogP contribution in [0.4, 0.5) is 8.78 Å². The number of aliphatic hydroxyl groups excluding tert-OH is 1. The molecule has 0 saturated heterocycles. The second kappa shape index (κ2) is 6.55. The molecule has 1 aromatic rings. The summed E-state index contributed by atoms with van der Waals surface area (Å²) in [6.45, 7) is -3.02. The monoisotopic (exact) mass is 250 g/mol. The van der Waals surface area contributed by atoms with Crippen molar-refractivity contribution in [3.8, 4) is 5.75 Å². The molecule has 0 aliphatic carbocycles. The van der Waals surface area contributed by atoms with Gasteiger partial charge in [-0.3, -0.25) is 4.21 Å². The molecule has 0 bridgehead atoms. The van der Waals surface area contributed by atoms with Crippen molar-refractivity contribution < 1.29 is 22.8 Å². The molecule has 1 aromatic carbocycles. The van der Waals surface area contributed by atoms with Crippen molar-refractivity contribution in [2.24, 2.45) is 0 Å². The van der Waals surface area contributed by atoms with Crippen LogP contribution in [0.25, 0.3) is 0 Å². The van der Waals surface area contributed by atoms with E-state index in [9.17, 15) is 13.0 Å². The van der Waals surface area contributed by atoms with Crippen LogP contribution in [0.3, 0.4) is 0 Å². The van der Waals surface area contributed by atoms with Crippen LogP contribution >= 0.6 is 0 Å². The number of halogens is 2. The average molecular weight is 250 g/mol. The van der Waals surface area contributed by atoms with Crippen LogP contribution in [0.15, 0.2) is 24.3 Å². The molecular weight excluding hydrogens is 238 g/mol. The number of hydrogen-bond donors (Lipinski definition) is 1. The van der Waals surface area contributed by atoms with E-state index in [2.05, 4.69) is 4.74 Å². The fourth-order valence-corrected chi connectivity index (χ4v) is 2.07. The minimum absolute atomic E-state index is 0.0495. The third-order valence-corrected chi connectivity index (χ3v) is 3.06. The van der Waals surface area contributed by atoms with Crippen molar-refractivity contribution in [3.05, 3.63) is 29.8 Å². The second-order valence-electron chi connectivity index (χ2n) is 3.04. The van der Waals surface area contributed by atoms with Crippen LogP contribution in [-0.4, -0.2) is 28.3 Å². The summed E-state index contributed by atoms with van der Waals surface area (Å²) in [5.74, 6) is 0.453. The van der Waals surface area contributed by atoms with E-state index >= 15 is 0 Å². The number of hydrogen-bond acceptors (Lipinski definition) is 3. The Morgan fingerprint density at radius 1 is 1.44 bits per heavy atom. The standard InChI is InChI=1S/C10H12F2O3S/c11-10(12)15-9-3-1-2-8(6-9)7-16(14)5-4-13/h1-3,6,10,13H,4-5,7H2. The summed E-state index contributed by atoms with van der Waals surface area (Å²) < 4.78 is 39.4. The molecular formula is C10H12F2O3S. The third-order valence-electron chi connectivity index (χ3n) is 1.77. The third kappa shape index (κ3) is 4.67. The Bertz CT molecular complexity index is 358. The Balaban J connectivity index is 2.63. The highest BCUT2D eigenvalue weighted by molar-refractivity contribution is 7.84. The van der Waals surface area contributed by atoms with Gasteiger partial charge in [0.15, 0.2) is 0 Å². The first-order valence-electron chi connectivity index (χ1n) is 4.61. The second-order valence-corrected chi connectivity index (χ2v) is 4.61. The van der Waals surface area contributed by atoms with Gasteiger partial charge in [-0.25, -0.2) is 0 Å². The maximum Gasteiger partial charge on any atom is 0.387 e. The van der Waals surface area contributed by atoms with Gasteiger partial charge in [-0.15, -0.1) is 0 Å². The van der Waals surface area contributed by atoms with Crippen LogP contribution in [0.1, 0.15) is 5.56 Å². The zero-order chi connectivity index (χ0) is 12.0. The Morgan fingerprint density at radius 2 is 2.19 bits per heavy atom. The molecule has 90 valence electrons. The smallest absolute Gasteiger partial charge is 0.387 e. The maximum absolute atomic E-state index is 11.9. The van der Waals surface area contributed by atoms with E-state index in [1.165, 1.54) is 12.1 Å².